The fraction of sp³-hybridized carbons (Fsp3) is 0.765. The monoisotopic (exact) mass is 313 g/mol. The van der Waals surface area contributed by atoms with E-state index in [1.54, 1.807) is 20.8 Å². The van der Waals surface area contributed by atoms with Gasteiger partial charge in [-0.15, -0.1) is 6.58 Å². The van der Waals surface area contributed by atoms with E-state index in [-0.39, 0.29) is 5.92 Å². The molecule has 0 spiro atoms. The van der Waals surface area contributed by atoms with Crippen LogP contribution >= 0.6 is 0 Å². The molecule has 0 rings (SSSR count). The topological polar surface area (TPSA) is 75.6 Å². The molecule has 128 valence electrons. The molecule has 0 heterocycles. The van der Waals surface area contributed by atoms with Crippen LogP contribution in [0.5, 0.6) is 0 Å². The largest absolute Gasteiger partial charge is 0.480 e. The van der Waals surface area contributed by atoms with E-state index in [1.165, 1.54) is 0 Å². The average Bonchev–Trinajstić information content (AvgIpc) is 2.37. The number of nitrogens with one attached hydrogen (secondary N) is 1. The summed E-state index contributed by atoms with van der Waals surface area (Å²) in [4.78, 5) is 23.4. The molecule has 0 aromatic carbocycles. The third-order valence-corrected chi connectivity index (χ3v) is 3.50. The van der Waals surface area contributed by atoms with Gasteiger partial charge in [-0.1, -0.05) is 26.3 Å². The first-order valence-electron chi connectivity index (χ1n) is 7.93. The van der Waals surface area contributed by atoms with Crippen molar-refractivity contribution < 1.29 is 19.4 Å². The predicted molar refractivity (Wildman–Crippen MR) is 87.8 cm³/mol. The van der Waals surface area contributed by atoms with Crippen LogP contribution in [0, 0.1) is 11.8 Å². The third-order valence-electron chi connectivity index (χ3n) is 3.50. The van der Waals surface area contributed by atoms with Gasteiger partial charge in [-0.3, -0.25) is 0 Å². The first-order valence-corrected chi connectivity index (χ1v) is 7.93. The van der Waals surface area contributed by atoms with E-state index >= 15 is 0 Å². The number of amides is 1. The number of allylic oxidation sites excluding steroid dienone is 1. The number of carbonyl (C=O) groups is 2. The Hall–Kier alpha value is -1.52. The van der Waals surface area contributed by atoms with Gasteiger partial charge in [0.05, 0.1) is 0 Å². The SMILES string of the molecule is C=CCCC(C)C[C@@H](CC)C(NC(=O)OC(C)(C)C)C(=O)O. The van der Waals surface area contributed by atoms with E-state index < -0.39 is 23.7 Å². The minimum atomic E-state index is -1.02. The first kappa shape index (κ1) is 20.5. The number of rotatable bonds is 9. The highest BCUT2D eigenvalue weighted by Crippen LogP contribution is 2.23. The van der Waals surface area contributed by atoms with Crippen molar-refractivity contribution in [3.05, 3.63) is 12.7 Å². The summed E-state index contributed by atoms with van der Waals surface area (Å²) in [7, 11) is 0. The molecule has 1 amide bonds. The molecule has 22 heavy (non-hydrogen) atoms. The van der Waals surface area contributed by atoms with Gasteiger partial charge in [-0.05, 0) is 51.9 Å². The molecule has 0 fully saturated rings. The lowest BCUT2D eigenvalue weighted by atomic mass is 9.85. The number of ether oxygens (including phenoxy) is 1. The van der Waals surface area contributed by atoms with Crippen molar-refractivity contribution >= 4 is 12.1 Å². The number of carboxylic acids is 1. The van der Waals surface area contributed by atoms with Crippen molar-refractivity contribution in [2.24, 2.45) is 11.8 Å². The molecule has 0 aliphatic rings. The van der Waals surface area contributed by atoms with Crippen LogP contribution in [0.1, 0.15) is 60.3 Å². The van der Waals surface area contributed by atoms with Gasteiger partial charge in [-0.25, -0.2) is 9.59 Å². The number of alkyl carbamates (subject to hydrolysis) is 1. The molecular weight excluding hydrogens is 282 g/mol. The van der Waals surface area contributed by atoms with Crippen LogP contribution in [-0.4, -0.2) is 28.8 Å². The van der Waals surface area contributed by atoms with Gasteiger partial charge in [0.2, 0.25) is 0 Å². The minimum absolute atomic E-state index is 0.121. The Kier molecular flexibility index (Phi) is 8.83. The Morgan fingerprint density at radius 3 is 2.36 bits per heavy atom. The van der Waals surface area contributed by atoms with Gasteiger partial charge < -0.3 is 15.2 Å². The number of aliphatic carboxylic acids is 1. The van der Waals surface area contributed by atoms with Gasteiger partial charge in [0.1, 0.15) is 11.6 Å². The van der Waals surface area contributed by atoms with Crippen molar-refractivity contribution in [3.63, 3.8) is 0 Å². The second kappa shape index (κ2) is 9.49. The number of carboxylic acid groups (broad SMARTS) is 1. The summed E-state index contributed by atoms with van der Waals surface area (Å²) >= 11 is 0. The lowest BCUT2D eigenvalue weighted by molar-refractivity contribution is -0.141. The number of carbonyl (C=O) groups excluding carboxylic acids is 1. The molecule has 0 aromatic heterocycles. The summed E-state index contributed by atoms with van der Waals surface area (Å²) in [6, 6.07) is -0.925. The molecule has 3 atom stereocenters. The molecule has 0 aliphatic carbocycles. The summed E-state index contributed by atoms with van der Waals surface area (Å²) in [6.07, 6.45) is 4.50. The van der Waals surface area contributed by atoms with Crippen LogP contribution in [0.15, 0.2) is 12.7 Å². The van der Waals surface area contributed by atoms with Crippen LogP contribution in [0.3, 0.4) is 0 Å². The molecule has 2 unspecified atom stereocenters. The normalized spacial score (nSPS) is 15.5. The number of hydrogen-bond donors (Lipinski definition) is 2. The Bertz CT molecular complexity index is 373. The molecular formula is C17H31NO4. The maximum atomic E-state index is 11.8. The van der Waals surface area contributed by atoms with Crippen LogP contribution in [0.4, 0.5) is 4.79 Å². The van der Waals surface area contributed by atoms with Crippen LogP contribution in [0.25, 0.3) is 0 Å². The maximum absolute atomic E-state index is 11.8. The predicted octanol–water partition coefficient (Wildman–Crippen LogP) is 3.98. The Morgan fingerprint density at radius 1 is 1.36 bits per heavy atom. The molecule has 5 nitrogen and oxygen atoms in total. The zero-order chi connectivity index (χ0) is 17.3. The van der Waals surface area contributed by atoms with Gasteiger partial charge in [0, 0.05) is 0 Å². The van der Waals surface area contributed by atoms with Crippen molar-refractivity contribution in [1.29, 1.82) is 0 Å². The Morgan fingerprint density at radius 2 is 1.95 bits per heavy atom. The molecule has 0 saturated carbocycles. The summed E-state index contributed by atoms with van der Waals surface area (Å²) in [5.74, 6) is -0.760. The molecule has 0 aliphatic heterocycles. The molecule has 2 N–H and O–H groups in total. The fourth-order valence-corrected chi connectivity index (χ4v) is 2.39. The zero-order valence-electron chi connectivity index (χ0n) is 14.5. The van der Waals surface area contributed by atoms with Crippen LogP contribution in [0.2, 0.25) is 0 Å². The molecule has 5 heteroatoms. The maximum Gasteiger partial charge on any atom is 0.408 e. The summed E-state index contributed by atoms with van der Waals surface area (Å²) < 4.78 is 5.16. The highest BCUT2D eigenvalue weighted by molar-refractivity contribution is 5.80. The smallest absolute Gasteiger partial charge is 0.408 e. The van der Waals surface area contributed by atoms with E-state index in [1.807, 2.05) is 13.0 Å². The van der Waals surface area contributed by atoms with Crippen molar-refractivity contribution in [2.75, 3.05) is 0 Å². The van der Waals surface area contributed by atoms with E-state index in [0.717, 1.165) is 19.3 Å². The third kappa shape index (κ3) is 8.70. The highest BCUT2D eigenvalue weighted by Gasteiger charge is 2.31. The second-order valence-corrected chi connectivity index (χ2v) is 6.84. The van der Waals surface area contributed by atoms with Crippen molar-refractivity contribution in [2.45, 2.75) is 71.9 Å². The highest BCUT2D eigenvalue weighted by atomic mass is 16.6. The summed E-state index contributed by atoms with van der Waals surface area (Å²) in [5, 5.41) is 11.9. The van der Waals surface area contributed by atoms with Crippen LogP contribution < -0.4 is 5.32 Å². The summed E-state index contributed by atoms with van der Waals surface area (Å²) in [6.45, 7) is 13.0. The first-order chi connectivity index (χ1) is 10.1. The lowest BCUT2D eigenvalue weighted by Crippen LogP contribution is -2.48. The quantitative estimate of drug-likeness (QED) is 0.631. The van der Waals surface area contributed by atoms with Gasteiger partial charge >= 0.3 is 12.1 Å². The molecule has 0 bridgehead atoms. The van der Waals surface area contributed by atoms with Gasteiger partial charge in [-0.2, -0.15) is 0 Å². The molecule has 0 aromatic rings. The zero-order valence-corrected chi connectivity index (χ0v) is 14.5. The van der Waals surface area contributed by atoms with Gasteiger partial charge in [0.15, 0.2) is 0 Å². The van der Waals surface area contributed by atoms with Crippen molar-refractivity contribution in [3.8, 4) is 0 Å². The fourth-order valence-electron chi connectivity index (χ4n) is 2.39. The van der Waals surface area contributed by atoms with Crippen LogP contribution in [-0.2, 0) is 9.53 Å². The lowest BCUT2D eigenvalue weighted by Gasteiger charge is -2.28. The van der Waals surface area contributed by atoms with Gasteiger partial charge in [0.25, 0.3) is 0 Å². The van der Waals surface area contributed by atoms with E-state index in [9.17, 15) is 14.7 Å². The second-order valence-electron chi connectivity index (χ2n) is 6.84. The Labute approximate surface area is 134 Å². The van der Waals surface area contributed by atoms with E-state index in [2.05, 4.69) is 18.8 Å². The molecule has 0 radical (unpaired) electrons. The average molecular weight is 313 g/mol. The standard InChI is InChI=1S/C17H31NO4/c1-7-9-10-12(3)11-13(8-2)14(15(19)20)18-16(21)22-17(4,5)6/h7,12-14H,1,8-11H2,2-6H3,(H,18,21)(H,19,20)/t12?,13-,14?/m1/s1. The van der Waals surface area contributed by atoms with Crippen molar-refractivity contribution in [1.82, 2.24) is 5.32 Å². The summed E-state index contributed by atoms with van der Waals surface area (Å²) in [5.41, 5.74) is -0.647. The minimum Gasteiger partial charge on any atom is -0.480 e. The molecule has 0 saturated heterocycles. The van der Waals surface area contributed by atoms with E-state index in [4.69, 9.17) is 4.74 Å². The van der Waals surface area contributed by atoms with E-state index in [0.29, 0.717) is 12.3 Å². The Balaban J connectivity index is 4.77. The number of hydrogen-bond acceptors (Lipinski definition) is 3.